The summed E-state index contributed by atoms with van der Waals surface area (Å²) in [6.07, 6.45) is 7.34. The van der Waals surface area contributed by atoms with Crippen molar-refractivity contribution in [1.82, 2.24) is 15.2 Å². The number of aromatic amines is 1. The van der Waals surface area contributed by atoms with E-state index in [-0.39, 0.29) is 47.0 Å². The lowest BCUT2D eigenvalue weighted by atomic mass is 9.53. The van der Waals surface area contributed by atoms with Crippen molar-refractivity contribution in [3.63, 3.8) is 0 Å². The molecule has 0 saturated heterocycles. The normalized spacial score (nSPS) is 30.4. The van der Waals surface area contributed by atoms with Gasteiger partial charge in [-0.05, 0) is 112 Å². The van der Waals surface area contributed by atoms with E-state index in [4.69, 9.17) is 0 Å². The van der Waals surface area contributed by atoms with Crippen molar-refractivity contribution in [2.24, 2.45) is 29.1 Å². The number of carbonyl (C=O) groups excluding carboxylic acids is 2. The number of rotatable bonds is 8. The van der Waals surface area contributed by atoms with Crippen LogP contribution in [0.25, 0.3) is 10.9 Å². The van der Waals surface area contributed by atoms with E-state index >= 15 is 0 Å². The third kappa shape index (κ3) is 4.80. The minimum Gasteiger partial charge on any atom is -0.358 e. The number of H-pyrrole nitrogens is 1. The average Bonchev–Trinajstić information content (AvgIpc) is 3.28. The summed E-state index contributed by atoms with van der Waals surface area (Å²) in [5, 5.41) is 4.73. The lowest BCUT2D eigenvalue weighted by Crippen LogP contribution is -2.65. The molecule has 5 aliphatic rings. The summed E-state index contributed by atoms with van der Waals surface area (Å²) in [4.78, 5) is 33.8. The molecule has 1 aromatic heterocycles. The number of benzene rings is 2. The highest BCUT2D eigenvalue weighted by Crippen LogP contribution is 2.67. The standard InChI is InChI=1S/C37H46FN3O2/c1-22-32(27-11-7-9-13-30(27)39-22)33-28(35(33,2)3)17-31(42)41(21-26-10-6-8-12-29(26)38)36(4,5)34(43)40-37-18-23-14-24(19-37)16-25(15-23)20-37/h6-13,23-25,28,33,39H,14-21H2,1-5H3,(H,40,43)/t23?,24?,25?,28-,33-,37?/m0/s1. The Labute approximate surface area is 255 Å². The second-order valence-electron chi connectivity index (χ2n) is 15.6. The predicted molar refractivity (Wildman–Crippen MR) is 168 cm³/mol. The highest BCUT2D eigenvalue weighted by molar-refractivity contribution is 5.92. The Bertz CT molecular complexity index is 1550. The van der Waals surface area contributed by atoms with Crippen LogP contribution in [-0.4, -0.2) is 32.8 Å². The molecule has 43 heavy (non-hydrogen) atoms. The van der Waals surface area contributed by atoms with Gasteiger partial charge in [0.2, 0.25) is 11.8 Å². The molecule has 1 heterocycles. The molecule has 5 saturated carbocycles. The number of amides is 2. The van der Waals surface area contributed by atoms with Crippen LogP contribution in [0.4, 0.5) is 4.39 Å². The number of aryl methyl sites for hydroxylation is 1. The van der Waals surface area contributed by atoms with E-state index in [0.717, 1.165) is 30.5 Å². The second-order valence-corrected chi connectivity index (χ2v) is 15.6. The molecule has 5 nitrogen and oxygen atoms in total. The van der Waals surface area contributed by atoms with Crippen molar-refractivity contribution < 1.29 is 14.0 Å². The quantitative estimate of drug-likeness (QED) is 0.286. The van der Waals surface area contributed by atoms with Crippen molar-refractivity contribution in [2.75, 3.05) is 0 Å². The fraction of sp³-hybridized carbons (Fsp3) is 0.568. The number of nitrogens with zero attached hydrogens (tertiary/aromatic N) is 1. The van der Waals surface area contributed by atoms with Crippen molar-refractivity contribution in [2.45, 2.75) is 103 Å². The van der Waals surface area contributed by atoms with Crippen LogP contribution in [0.3, 0.4) is 0 Å². The maximum absolute atomic E-state index is 15.0. The zero-order valence-corrected chi connectivity index (χ0v) is 26.3. The van der Waals surface area contributed by atoms with Crippen LogP contribution in [0, 0.1) is 41.8 Å². The largest absolute Gasteiger partial charge is 0.358 e. The third-order valence-corrected chi connectivity index (χ3v) is 11.9. The molecule has 0 aliphatic heterocycles. The summed E-state index contributed by atoms with van der Waals surface area (Å²) in [6, 6.07) is 15.0. The molecule has 2 N–H and O–H groups in total. The molecule has 0 unspecified atom stereocenters. The van der Waals surface area contributed by atoms with Gasteiger partial charge in [0, 0.05) is 40.7 Å². The van der Waals surface area contributed by atoms with E-state index in [1.807, 2.05) is 19.9 Å². The fourth-order valence-electron chi connectivity index (χ4n) is 9.87. The lowest BCUT2D eigenvalue weighted by molar-refractivity contribution is -0.150. The highest BCUT2D eigenvalue weighted by atomic mass is 19.1. The first-order chi connectivity index (χ1) is 20.4. The van der Waals surface area contributed by atoms with Gasteiger partial charge in [0.05, 0.1) is 0 Å². The zero-order chi connectivity index (χ0) is 30.3. The molecule has 5 aliphatic carbocycles. The maximum atomic E-state index is 15.0. The van der Waals surface area contributed by atoms with E-state index in [9.17, 15) is 14.0 Å². The van der Waals surface area contributed by atoms with Gasteiger partial charge in [-0.3, -0.25) is 9.59 Å². The molecule has 0 radical (unpaired) electrons. The number of aromatic nitrogens is 1. The number of carbonyl (C=O) groups is 2. The molecule has 3 aromatic rings. The number of nitrogens with one attached hydrogen (secondary N) is 2. The van der Waals surface area contributed by atoms with Crippen LogP contribution in [0.2, 0.25) is 0 Å². The van der Waals surface area contributed by atoms with E-state index < -0.39 is 5.54 Å². The van der Waals surface area contributed by atoms with Crippen LogP contribution in [0.1, 0.15) is 95.4 Å². The molecule has 8 rings (SSSR count). The van der Waals surface area contributed by atoms with E-state index in [2.05, 4.69) is 49.3 Å². The summed E-state index contributed by atoms with van der Waals surface area (Å²) < 4.78 is 15.0. The Morgan fingerprint density at radius 2 is 1.58 bits per heavy atom. The molecule has 4 bridgehead atoms. The summed E-state index contributed by atoms with van der Waals surface area (Å²) >= 11 is 0. The highest BCUT2D eigenvalue weighted by Gasteiger charge is 2.60. The number of fused-ring (bicyclic) bond motifs is 1. The fourth-order valence-corrected chi connectivity index (χ4v) is 9.87. The molecular weight excluding hydrogens is 537 g/mol. The predicted octanol–water partition coefficient (Wildman–Crippen LogP) is 7.64. The van der Waals surface area contributed by atoms with Gasteiger partial charge in [0.25, 0.3) is 0 Å². The lowest BCUT2D eigenvalue weighted by Gasteiger charge is -2.57. The first-order valence-electron chi connectivity index (χ1n) is 16.3. The smallest absolute Gasteiger partial charge is 0.245 e. The van der Waals surface area contributed by atoms with Crippen LogP contribution < -0.4 is 5.32 Å². The van der Waals surface area contributed by atoms with Crippen molar-refractivity contribution in [1.29, 1.82) is 0 Å². The molecule has 2 atom stereocenters. The molecule has 6 heteroatoms. The minimum absolute atomic E-state index is 0.0662. The van der Waals surface area contributed by atoms with Crippen molar-refractivity contribution in [3.8, 4) is 0 Å². The minimum atomic E-state index is -1.13. The summed E-state index contributed by atoms with van der Waals surface area (Å²) in [6.45, 7) is 10.4. The van der Waals surface area contributed by atoms with Crippen LogP contribution in [0.15, 0.2) is 48.5 Å². The Kier molecular flexibility index (Phi) is 6.61. The molecule has 5 fully saturated rings. The van der Waals surface area contributed by atoms with Gasteiger partial charge in [-0.15, -0.1) is 0 Å². The molecule has 2 amide bonds. The van der Waals surface area contributed by atoms with E-state index in [0.29, 0.717) is 29.7 Å². The topological polar surface area (TPSA) is 65.2 Å². The SMILES string of the molecule is Cc1[nH]c2ccccc2c1[C@@H]1[C@H](CC(=O)N(Cc2ccccc2F)C(C)(C)C(=O)NC23CC4CC(CC(C4)C2)C3)C1(C)C. The van der Waals surface area contributed by atoms with Gasteiger partial charge >= 0.3 is 0 Å². The Morgan fingerprint density at radius 1 is 0.977 bits per heavy atom. The zero-order valence-electron chi connectivity index (χ0n) is 26.3. The summed E-state index contributed by atoms with van der Waals surface area (Å²) in [5.41, 5.74) is 2.63. The first kappa shape index (κ1) is 28.6. The van der Waals surface area contributed by atoms with Crippen molar-refractivity contribution in [3.05, 3.63) is 71.2 Å². The van der Waals surface area contributed by atoms with Gasteiger partial charge in [-0.1, -0.05) is 50.2 Å². The van der Waals surface area contributed by atoms with Gasteiger partial charge in [-0.25, -0.2) is 4.39 Å². The van der Waals surface area contributed by atoms with Gasteiger partial charge in [0.1, 0.15) is 11.4 Å². The van der Waals surface area contributed by atoms with Gasteiger partial charge < -0.3 is 15.2 Å². The summed E-state index contributed by atoms with van der Waals surface area (Å²) in [7, 11) is 0. The van der Waals surface area contributed by atoms with E-state index in [1.165, 1.54) is 36.3 Å². The van der Waals surface area contributed by atoms with Crippen LogP contribution >= 0.6 is 0 Å². The molecule has 2 aromatic carbocycles. The second kappa shape index (κ2) is 9.93. The van der Waals surface area contributed by atoms with Crippen molar-refractivity contribution >= 4 is 22.7 Å². The average molecular weight is 584 g/mol. The monoisotopic (exact) mass is 583 g/mol. The van der Waals surface area contributed by atoms with Crippen LogP contribution in [-0.2, 0) is 16.1 Å². The molecular formula is C37H46FN3O2. The van der Waals surface area contributed by atoms with Gasteiger partial charge in [-0.2, -0.15) is 0 Å². The Morgan fingerprint density at radius 3 is 2.23 bits per heavy atom. The number of halogens is 1. The number of para-hydroxylation sites is 1. The third-order valence-electron chi connectivity index (χ3n) is 11.9. The number of hydrogen-bond acceptors (Lipinski definition) is 2. The summed E-state index contributed by atoms with van der Waals surface area (Å²) in [5.74, 6) is 1.91. The molecule has 228 valence electrons. The first-order valence-corrected chi connectivity index (χ1v) is 16.3. The Hall–Kier alpha value is -3.15. The van der Waals surface area contributed by atoms with E-state index in [1.54, 1.807) is 23.1 Å². The van der Waals surface area contributed by atoms with Crippen LogP contribution in [0.5, 0.6) is 0 Å². The van der Waals surface area contributed by atoms with Gasteiger partial charge in [0.15, 0.2) is 0 Å². The maximum Gasteiger partial charge on any atom is 0.245 e. The Balaban J connectivity index is 1.16. The molecule has 0 spiro atoms. The number of hydrogen-bond donors (Lipinski definition) is 2.